The van der Waals surface area contributed by atoms with Gasteiger partial charge in [-0.3, -0.25) is 4.79 Å². The summed E-state index contributed by atoms with van der Waals surface area (Å²) in [5.41, 5.74) is 6.11. The summed E-state index contributed by atoms with van der Waals surface area (Å²) in [6.45, 7) is 10.1. The van der Waals surface area contributed by atoms with Gasteiger partial charge >= 0.3 is 0 Å². The lowest BCUT2D eigenvalue weighted by Crippen LogP contribution is -2.39. The molecule has 2 heterocycles. The quantitative estimate of drug-likeness (QED) is 0.252. The summed E-state index contributed by atoms with van der Waals surface area (Å²) in [5.74, 6) is 0.145. The van der Waals surface area contributed by atoms with Crippen LogP contribution in [0.5, 0.6) is 5.75 Å². The van der Waals surface area contributed by atoms with E-state index in [0.717, 1.165) is 38.2 Å². The predicted molar refractivity (Wildman–Crippen MR) is 149 cm³/mol. The van der Waals surface area contributed by atoms with E-state index in [-0.39, 0.29) is 17.8 Å². The molecule has 3 aromatic carbocycles. The lowest BCUT2D eigenvalue weighted by molar-refractivity contribution is 0.0881. The van der Waals surface area contributed by atoms with Gasteiger partial charge in [0, 0.05) is 16.5 Å². The summed E-state index contributed by atoms with van der Waals surface area (Å²) in [5, 5.41) is 8.91. The summed E-state index contributed by atoms with van der Waals surface area (Å²) in [7, 11) is 0. The fourth-order valence-electron chi connectivity index (χ4n) is 4.55. The highest BCUT2D eigenvalue weighted by atomic mass is 32.1. The number of carbonyl (C=O) groups is 1. The van der Waals surface area contributed by atoms with Crippen LogP contribution in [0.2, 0.25) is 0 Å². The highest BCUT2D eigenvalue weighted by Gasteiger charge is 2.27. The third-order valence-electron chi connectivity index (χ3n) is 6.69. The van der Waals surface area contributed by atoms with Crippen molar-refractivity contribution in [3.8, 4) is 11.4 Å². The molecule has 0 unspecified atom stereocenters. The maximum Gasteiger partial charge on any atom is 0.280 e. The number of aromatic nitrogens is 3. The van der Waals surface area contributed by atoms with E-state index in [0.29, 0.717) is 10.8 Å². The fourth-order valence-corrected chi connectivity index (χ4v) is 5.21. The smallest absolute Gasteiger partial charge is 0.280 e. The first-order chi connectivity index (χ1) is 18.2. The van der Waals surface area contributed by atoms with E-state index in [9.17, 15) is 9.18 Å². The lowest BCUT2D eigenvalue weighted by atomic mass is 9.94. The van der Waals surface area contributed by atoms with Crippen molar-refractivity contribution in [2.75, 3.05) is 0 Å². The van der Waals surface area contributed by atoms with Gasteiger partial charge in [-0.1, -0.05) is 12.1 Å². The van der Waals surface area contributed by atoms with Crippen LogP contribution in [0.15, 0.2) is 67.0 Å². The van der Waals surface area contributed by atoms with Crippen molar-refractivity contribution in [1.29, 1.82) is 0 Å². The van der Waals surface area contributed by atoms with Gasteiger partial charge in [-0.15, -0.1) is 11.3 Å². The van der Waals surface area contributed by atoms with Crippen LogP contribution in [0.3, 0.4) is 0 Å². The third kappa shape index (κ3) is 5.17. The van der Waals surface area contributed by atoms with E-state index in [4.69, 9.17) is 4.74 Å². The van der Waals surface area contributed by atoms with Crippen molar-refractivity contribution < 1.29 is 13.9 Å². The third-order valence-corrected chi connectivity index (χ3v) is 7.60. The second-order valence-electron chi connectivity index (χ2n) is 9.62. The van der Waals surface area contributed by atoms with Gasteiger partial charge in [0.1, 0.15) is 17.7 Å². The molecule has 2 aromatic heterocycles. The van der Waals surface area contributed by atoms with Crippen molar-refractivity contribution in [2.24, 2.45) is 0 Å². The van der Waals surface area contributed by atoms with Gasteiger partial charge in [0.05, 0.1) is 23.4 Å². The number of halogens is 1. The lowest BCUT2D eigenvalue weighted by Gasteiger charge is -2.28. The topological polar surface area (TPSA) is 69.0 Å². The molecule has 0 saturated heterocycles. The van der Waals surface area contributed by atoms with Crippen LogP contribution in [0.25, 0.3) is 16.6 Å². The average Bonchev–Trinajstić information content (AvgIpc) is 3.51. The van der Waals surface area contributed by atoms with Crippen molar-refractivity contribution in [1.82, 2.24) is 20.1 Å². The number of fused-ring (bicyclic) bond motifs is 1. The molecule has 0 spiro atoms. The molecule has 1 N–H and O–H groups in total. The first-order valence-electron chi connectivity index (χ1n) is 12.4. The normalized spacial score (nSPS) is 12.9. The number of nitrogens with one attached hydrogen (secondary N) is 1. The molecule has 1 amide bonds. The minimum absolute atomic E-state index is 0.221. The van der Waals surface area contributed by atoms with Crippen LogP contribution < -0.4 is 10.1 Å². The van der Waals surface area contributed by atoms with Gasteiger partial charge in [-0.2, -0.15) is 5.10 Å². The molecule has 6 nitrogen and oxygen atoms in total. The minimum Gasteiger partial charge on any atom is -0.484 e. The number of carbonyl (C=O) groups excluding carboxylic acids is 1. The molecule has 0 bridgehead atoms. The molecule has 38 heavy (non-hydrogen) atoms. The summed E-state index contributed by atoms with van der Waals surface area (Å²) >= 11 is 1.37. The van der Waals surface area contributed by atoms with Crippen molar-refractivity contribution in [3.05, 3.63) is 105 Å². The second kappa shape index (κ2) is 10.4. The van der Waals surface area contributed by atoms with Gasteiger partial charge in [0.25, 0.3) is 5.91 Å². The highest BCUT2D eigenvalue weighted by Crippen LogP contribution is 2.32. The van der Waals surface area contributed by atoms with E-state index in [2.05, 4.69) is 48.3 Å². The van der Waals surface area contributed by atoms with Gasteiger partial charge in [0.15, 0.2) is 5.01 Å². The number of thiazole rings is 1. The monoisotopic (exact) mass is 528 g/mol. The van der Waals surface area contributed by atoms with E-state index >= 15 is 0 Å². The Morgan fingerprint density at radius 1 is 0.974 bits per heavy atom. The number of hydrogen-bond acceptors (Lipinski definition) is 5. The molecule has 5 aromatic rings. The number of amides is 1. The molecule has 0 radical (unpaired) electrons. The molecule has 0 fully saturated rings. The van der Waals surface area contributed by atoms with Crippen LogP contribution >= 0.6 is 11.3 Å². The molecular weight excluding hydrogens is 499 g/mol. The average molecular weight is 529 g/mol. The molecular formula is C30H29FN4O2S. The molecule has 0 aliphatic carbocycles. The summed E-state index contributed by atoms with van der Waals surface area (Å²) in [4.78, 5) is 18.2. The number of rotatable bonds is 7. The Balaban J connectivity index is 1.47. The van der Waals surface area contributed by atoms with Gasteiger partial charge in [-0.25, -0.2) is 14.1 Å². The number of hydrogen-bond donors (Lipinski definition) is 1. The molecule has 5 rings (SSSR count). The largest absolute Gasteiger partial charge is 0.484 e. The van der Waals surface area contributed by atoms with Gasteiger partial charge < -0.3 is 10.1 Å². The standard InChI is InChI=1S/C30H29FN4O2S/c1-17-12-19(3)26(13-18(17)2)28(21(5)34-29(36)30-32-15-20(4)38-30)37-25-10-11-27-22(14-25)16-33-35(27)24-8-6-23(31)7-9-24/h6-16,21,28H,1-5H3,(H,34,36)/t21-,28+/m0/s1. The fraction of sp³-hybridized carbons (Fsp3) is 0.233. The van der Waals surface area contributed by atoms with Crippen LogP contribution in [0.1, 0.15) is 50.0 Å². The zero-order valence-electron chi connectivity index (χ0n) is 21.9. The van der Waals surface area contributed by atoms with Crippen LogP contribution in [0, 0.1) is 33.5 Å². The van der Waals surface area contributed by atoms with Crippen molar-refractivity contribution in [3.63, 3.8) is 0 Å². The Hall–Kier alpha value is -4.04. The summed E-state index contributed by atoms with van der Waals surface area (Å²) in [6, 6.07) is 15.9. The predicted octanol–water partition coefficient (Wildman–Crippen LogP) is 6.79. The molecule has 0 aliphatic rings. The van der Waals surface area contributed by atoms with E-state index in [1.807, 2.05) is 32.0 Å². The van der Waals surface area contributed by atoms with Gasteiger partial charge in [-0.05, 0) is 99.3 Å². The zero-order valence-corrected chi connectivity index (χ0v) is 22.8. The molecule has 0 aliphatic heterocycles. The first kappa shape index (κ1) is 25.6. The molecule has 194 valence electrons. The maximum absolute atomic E-state index is 13.4. The number of ether oxygens (including phenoxy) is 1. The molecule has 8 heteroatoms. The highest BCUT2D eigenvalue weighted by molar-refractivity contribution is 7.13. The van der Waals surface area contributed by atoms with Crippen LogP contribution in [-0.2, 0) is 0 Å². The number of nitrogens with zero attached hydrogens (tertiary/aromatic N) is 3. The van der Waals surface area contributed by atoms with E-state index < -0.39 is 6.10 Å². The van der Waals surface area contributed by atoms with E-state index in [1.54, 1.807) is 29.2 Å². The number of aryl methyl sites for hydroxylation is 4. The molecule has 2 atom stereocenters. The SMILES string of the molecule is Cc1cnc(C(=O)N[C@@H](C)[C@@H](Oc2ccc3c(cnn3-c3ccc(F)cc3)c2)c2cc(C)c(C)cc2C)s1. The Morgan fingerprint density at radius 2 is 1.71 bits per heavy atom. The molecule has 0 saturated carbocycles. The maximum atomic E-state index is 13.4. The Kier molecular flexibility index (Phi) is 6.99. The van der Waals surface area contributed by atoms with E-state index in [1.165, 1.54) is 29.0 Å². The zero-order chi connectivity index (χ0) is 27.0. The summed E-state index contributed by atoms with van der Waals surface area (Å²) in [6.07, 6.45) is 3.02. The van der Waals surface area contributed by atoms with Crippen molar-refractivity contribution in [2.45, 2.75) is 46.8 Å². The Labute approximate surface area is 225 Å². The minimum atomic E-state index is -0.441. The summed E-state index contributed by atoms with van der Waals surface area (Å²) < 4.78 is 21.8. The second-order valence-corrected chi connectivity index (χ2v) is 10.9. The first-order valence-corrected chi connectivity index (χ1v) is 13.2. The Morgan fingerprint density at radius 3 is 2.42 bits per heavy atom. The van der Waals surface area contributed by atoms with Crippen LogP contribution in [0.4, 0.5) is 4.39 Å². The Bertz CT molecular complexity index is 1620. The van der Waals surface area contributed by atoms with Gasteiger partial charge in [0.2, 0.25) is 0 Å². The number of benzene rings is 3. The van der Waals surface area contributed by atoms with Crippen molar-refractivity contribution >= 4 is 28.1 Å². The van der Waals surface area contributed by atoms with Crippen LogP contribution in [-0.4, -0.2) is 26.7 Å².